The minimum absolute atomic E-state index is 0.613. The first-order valence-electron chi connectivity index (χ1n) is 4.59. The molecule has 0 amide bonds. The average molecular weight is 174 g/mol. The predicted octanol–water partition coefficient (Wildman–Crippen LogP) is 1.55. The Balaban J connectivity index is 2.17. The van der Waals surface area contributed by atoms with Crippen molar-refractivity contribution < 1.29 is 0 Å². The lowest BCUT2D eigenvalue weighted by molar-refractivity contribution is 0.319. The molecule has 0 unspecified atom stereocenters. The number of hydrogen-bond donors (Lipinski definition) is 0. The van der Waals surface area contributed by atoms with Crippen molar-refractivity contribution in [3.8, 4) is 0 Å². The van der Waals surface area contributed by atoms with Crippen molar-refractivity contribution in [3.05, 3.63) is 18.6 Å². The quantitative estimate of drug-likeness (QED) is 0.658. The Hall–Kier alpha value is -1.45. The zero-order valence-corrected chi connectivity index (χ0v) is 7.22. The van der Waals surface area contributed by atoms with Gasteiger partial charge in [0, 0.05) is 6.04 Å². The second kappa shape index (κ2) is 2.52. The summed E-state index contributed by atoms with van der Waals surface area (Å²) in [4.78, 5) is 4.28. The van der Waals surface area contributed by atoms with Gasteiger partial charge >= 0.3 is 0 Å². The van der Waals surface area contributed by atoms with Gasteiger partial charge in [-0.1, -0.05) is 0 Å². The van der Waals surface area contributed by atoms with E-state index in [4.69, 9.17) is 0 Å². The molecule has 0 spiro atoms. The van der Waals surface area contributed by atoms with E-state index in [0.717, 1.165) is 11.2 Å². The molecule has 4 nitrogen and oxygen atoms in total. The number of aromatic nitrogens is 4. The Labute approximate surface area is 75.6 Å². The van der Waals surface area contributed by atoms with E-state index in [0.29, 0.717) is 6.04 Å². The van der Waals surface area contributed by atoms with Crippen LogP contribution in [0.25, 0.3) is 11.2 Å². The fourth-order valence-electron chi connectivity index (χ4n) is 1.71. The smallest absolute Gasteiger partial charge is 0.182 e. The fourth-order valence-corrected chi connectivity index (χ4v) is 1.71. The Bertz CT molecular complexity index is 430. The van der Waals surface area contributed by atoms with Gasteiger partial charge in [-0.3, -0.25) is 0 Å². The van der Waals surface area contributed by atoms with Gasteiger partial charge in [-0.05, 0) is 25.3 Å². The first kappa shape index (κ1) is 7.00. The van der Waals surface area contributed by atoms with Crippen LogP contribution < -0.4 is 0 Å². The van der Waals surface area contributed by atoms with Gasteiger partial charge in [0.1, 0.15) is 5.52 Å². The summed E-state index contributed by atoms with van der Waals surface area (Å²) in [6.45, 7) is 0. The second-order valence-electron chi connectivity index (χ2n) is 3.48. The third kappa shape index (κ3) is 0.946. The largest absolute Gasteiger partial charge is 0.311 e. The lowest BCUT2D eigenvalue weighted by atomic mass is 9.93. The third-order valence-electron chi connectivity index (χ3n) is 2.71. The summed E-state index contributed by atoms with van der Waals surface area (Å²) in [5.41, 5.74) is 1.87. The molecule has 2 heterocycles. The van der Waals surface area contributed by atoms with Crippen LogP contribution in [-0.4, -0.2) is 19.7 Å². The van der Waals surface area contributed by atoms with E-state index in [1.54, 1.807) is 6.20 Å². The number of imidazole rings is 1. The van der Waals surface area contributed by atoms with E-state index in [-0.39, 0.29) is 0 Å². The summed E-state index contributed by atoms with van der Waals surface area (Å²) < 4.78 is 2.14. The highest BCUT2D eigenvalue weighted by Gasteiger charge is 2.21. The zero-order valence-electron chi connectivity index (χ0n) is 7.22. The minimum Gasteiger partial charge on any atom is -0.311 e. The molecule has 3 rings (SSSR count). The van der Waals surface area contributed by atoms with E-state index in [1.165, 1.54) is 19.3 Å². The molecule has 0 atom stereocenters. The van der Waals surface area contributed by atoms with Crippen LogP contribution in [0.4, 0.5) is 0 Å². The molecule has 0 bridgehead atoms. The van der Waals surface area contributed by atoms with Crippen LogP contribution in [0.1, 0.15) is 25.3 Å². The molecule has 66 valence electrons. The molecule has 0 saturated heterocycles. The molecule has 0 radical (unpaired) electrons. The molecule has 0 N–H and O–H groups in total. The van der Waals surface area contributed by atoms with Crippen LogP contribution in [0.5, 0.6) is 0 Å². The minimum atomic E-state index is 0.613. The molecule has 4 heteroatoms. The Morgan fingerprint density at radius 2 is 2.31 bits per heavy atom. The first-order chi connectivity index (χ1) is 6.45. The van der Waals surface area contributed by atoms with Gasteiger partial charge in [-0.2, -0.15) is 5.10 Å². The van der Waals surface area contributed by atoms with Gasteiger partial charge in [0.05, 0.1) is 12.5 Å². The average Bonchev–Trinajstić information content (AvgIpc) is 2.47. The predicted molar refractivity (Wildman–Crippen MR) is 48.2 cm³/mol. The van der Waals surface area contributed by atoms with Crippen LogP contribution in [-0.2, 0) is 0 Å². The highest BCUT2D eigenvalue weighted by Crippen LogP contribution is 2.32. The highest BCUT2D eigenvalue weighted by molar-refractivity contribution is 5.69. The first-order valence-corrected chi connectivity index (χ1v) is 4.59. The third-order valence-corrected chi connectivity index (χ3v) is 2.71. The number of fused-ring (bicyclic) bond motifs is 1. The Kier molecular flexibility index (Phi) is 1.36. The van der Waals surface area contributed by atoms with Gasteiger partial charge < -0.3 is 4.57 Å². The number of nitrogens with zero attached hydrogens (tertiary/aromatic N) is 4. The molecule has 2 aromatic heterocycles. The van der Waals surface area contributed by atoms with E-state index in [2.05, 4.69) is 19.7 Å². The fraction of sp³-hybridized carbons (Fsp3) is 0.444. The molecule has 1 fully saturated rings. The number of rotatable bonds is 1. The summed E-state index contributed by atoms with van der Waals surface area (Å²) in [7, 11) is 0. The zero-order chi connectivity index (χ0) is 8.67. The normalized spacial score (nSPS) is 17.5. The second-order valence-corrected chi connectivity index (χ2v) is 3.48. The maximum Gasteiger partial charge on any atom is 0.182 e. The van der Waals surface area contributed by atoms with Crippen molar-refractivity contribution in [2.24, 2.45) is 0 Å². The van der Waals surface area contributed by atoms with Crippen molar-refractivity contribution in [1.82, 2.24) is 19.7 Å². The van der Waals surface area contributed by atoms with Crippen LogP contribution in [0.2, 0.25) is 0 Å². The molecular weight excluding hydrogens is 164 g/mol. The standard InChI is InChI=1S/C9H10N4/c1-2-7(3-1)13-6-10-8-4-5-11-12-9(8)13/h4-7H,1-3H2. The molecule has 2 aromatic rings. The molecule has 0 aromatic carbocycles. The van der Waals surface area contributed by atoms with E-state index >= 15 is 0 Å². The molecular formula is C9H10N4. The van der Waals surface area contributed by atoms with Gasteiger partial charge in [0.25, 0.3) is 0 Å². The maximum atomic E-state index is 4.28. The van der Waals surface area contributed by atoms with Crippen LogP contribution >= 0.6 is 0 Å². The Morgan fingerprint density at radius 1 is 1.38 bits per heavy atom. The number of hydrogen-bond acceptors (Lipinski definition) is 3. The van der Waals surface area contributed by atoms with Crippen molar-refractivity contribution in [3.63, 3.8) is 0 Å². The van der Waals surface area contributed by atoms with Gasteiger partial charge in [0.2, 0.25) is 0 Å². The van der Waals surface area contributed by atoms with Crippen LogP contribution in [0.3, 0.4) is 0 Å². The molecule has 1 aliphatic rings. The Morgan fingerprint density at radius 3 is 3.08 bits per heavy atom. The SMILES string of the molecule is c1cc2ncn(C3CCC3)c2nn1. The lowest BCUT2D eigenvalue weighted by Gasteiger charge is -2.26. The highest BCUT2D eigenvalue weighted by atomic mass is 15.2. The molecule has 1 aliphatic carbocycles. The summed E-state index contributed by atoms with van der Waals surface area (Å²) in [6.07, 6.45) is 7.39. The molecule has 0 aliphatic heterocycles. The van der Waals surface area contributed by atoms with E-state index in [9.17, 15) is 0 Å². The van der Waals surface area contributed by atoms with Crippen LogP contribution in [0.15, 0.2) is 18.6 Å². The van der Waals surface area contributed by atoms with Crippen molar-refractivity contribution >= 4 is 11.2 Å². The van der Waals surface area contributed by atoms with Gasteiger partial charge in [-0.15, -0.1) is 5.10 Å². The van der Waals surface area contributed by atoms with E-state index < -0.39 is 0 Å². The summed E-state index contributed by atoms with van der Waals surface area (Å²) in [5.74, 6) is 0. The molecule has 1 saturated carbocycles. The van der Waals surface area contributed by atoms with Gasteiger partial charge in [0.15, 0.2) is 5.65 Å². The van der Waals surface area contributed by atoms with E-state index in [1.807, 2.05) is 12.4 Å². The summed E-state index contributed by atoms with van der Waals surface area (Å²) in [5, 5.41) is 7.97. The molecule has 13 heavy (non-hydrogen) atoms. The van der Waals surface area contributed by atoms with Crippen molar-refractivity contribution in [2.75, 3.05) is 0 Å². The van der Waals surface area contributed by atoms with Crippen molar-refractivity contribution in [1.29, 1.82) is 0 Å². The van der Waals surface area contributed by atoms with Crippen LogP contribution in [0, 0.1) is 0 Å². The lowest BCUT2D eigenvalue weighted by Crippen LogP contribution is -2.16. The maximum absolute atomic E-state index is 4.28. The van der Waals surface area contributed by atoms with Crippen molar-refractivity contribution in [2.45, 2.75) is 25.3 Å². The van der Waals surface area contributed by atoms with Gasteiger partial charge in [-0.25, -0.2) is 4.98 Å². The summed E-state index contributed by atoms with van der Waals surface area (Å²) >= 11 is 0. The summed E-state index contributed by atoms with van der Waals surface area (Å²) in [6, 6.07) is 2.51. The monoisotopic (exact) mass is 174 g/mol. The topological polar surface area (TPSA) is 43.6 Å².